The van der Waals surface area contributed by atoms with Crippen LogP contribution >= 0.6 is 0 Å². The van der Waals surface area contributed by atoms with Gasteiger partial charge in [0.25, 0.3) is 0 Å². The summed E-state index contributed by atoms with van der Waals surface area (Å²) >= 11 is 0. The summed E-state index contributed by atoms with van der Waals surface area (Å²) in [5, 5.41) is 18.2. The molecule has 1 aromatic carbocycles. The van der Waals surface area contributed by atoms with Crippen molar-refractivity contribution in [2.24, 2.45) is 11.7 Å². The maximum atomic E-state index is 13.1. The highest BCUT2D eigenvalue weighted by Gasteiger charge is 2.31. The minimum atomic E-state index is -1.22. The van der Waals surface area contributed by atoms with Gasteiger partial charge in [-0.1, -0.05) is 38.5 Å². The summed E-state index contributed by atoms with van der Waals surface area (Å²) in [4.78, 5) is 60.1. The second-order valence-electron chi connectivity index (χ2n) is 9.45. The molecule has 2 aromatic heterocycles. The number of aliphatic carboxylic acids is 1. The second kappa shape index (κ2) is 12.9. The molecule has 0 saturated carbocycles. The molecule has 5 atom stereocenters. The third-order valence-electron chi connectivity index (χ3n) is 6.59. The molecule has 5 unspecified atom stereocenters. The lowest BCUT2D eigenvalue weighted by Gasteiger charge is -2.27. The van der Waals surface area contributed by atoms with E-state index in [1.165, 1.54) is 19.4 Å². The number of nitrogens with one attached hydrogen (secondary N) is 5. The fraction of sp³-hybridized carbons (Fsp3) is 0.423. The molecule has 0 radical (unpaired) electrons. The van der Waals surface area contributed by atoms with Crippen molar-refractivity contribution in [3.05, 3.63) is 54.2 Å². The molecule has 12 heteroatoms. The average Bonchev–Trinajstić information content (AvgIpc) is 3.56. The van der Waals surface area contributed by atoms with E-state index in [4.69, 9.17) is 5.73 Å². The molecule has 3 amide bonds. The van der Waals surface area contributed by atoms with Gasteiger partial charge in [-0.25, -0.2) is 9.78 Å². The van der Waals surface area contributed by atoms with Crippen LogP contribution in [-0.2, 0) is 32.0 Å². The average molecular weight is 526 g/mol. The molecule has 0 bridgehead atoms. The molecule has 3 aromatic rings. The largest absolute Gasteiger partial charge is 0.480 e. The first-order valence-electron chi connectivity index (χ1n) is 12.5. The number of benzene rings is 1. The van der Waals surface area contributed by atoms with E-state index in [1.807, 2.05) is 44.3 Å². The first-order valence-corrected chi connectivity index (χ1v) is 12.5. The van der Waals surface area contributed by atoms with E-state index in [2.05, 4.69) is 30.9 Å². The van der Waals surface area contributed by atoms with Crippen LogP contribution in [0.25, 0.3) is 10.9 Å². The quantitative estimate of drug-likeness (QED) is 0.170. The van der Waals surface area contributed by atoms with E-state index >= 15 is 0 Å². The van der Waals surface area contributed by atoms with Crippen molar-refractivity contribution in [3.63, 3.8) is 0 Å². The predicted octanol–water partition coefficient (Wildman–Crippen LogP) is 0.609. The van der Waals surface area contributed by atoms with Crippen molar-refractivity contribution in [3.8, 4) is 0 Å². The number of carboxylic acids is 1. The summed E-state index contributed by atoms with van der Waals surface area (Å²) in [5.41, 5.74) is 8.56. The number of nitrogens with zero attached hydrogens (tertiary/aromatic N) is 1. The number of para-hydroxylation sites is 1. The highest BCUT2D eigenvalue weighted by atomic mass is 16.4. The molecule has 0 fully saturated rings. The fourth-order valence-electron chi connectivity index (χ4n) is 4.07. The highest BCUT2D eigenvalue weighted by molar-refractivity contribution is 5.94. The number of H-pyrrole nitrogens is 2. The van der Waals surface area contributed by atoms with Gasteiger partial charge in [-0.05, 0) is 30.9 Å². The number of aromatic amines is 2. The van der Waals surface area contributed by atoms with Crippen molar-refractivity contribution in [1.82, 2.24) is 30.9 Å². The SMILES string of the molecule is CCC(C)C(NC(=O)C(N)Cc1c[nH]c2ccccc12)C(=O)NC(C)C(=O)NC(Cc1cnc[nH]1)C(=O)O. The Morgan fingerprint density at radius 3 is 2.39 bits per heavy atom. The van der Waals surface area contributed by atoms with E-state index in [1.54, 1.807) is 0 Å². The highest BCUT2D eigenvalue weighted by Crippen LogP contribution is 2.19. The third-order valence-corrected chi connectivity index (χ3v) is 6.59. The zero-order valence-electron chi connectivity index (χ0n) is 21.7. The van der Waals surface area contributed by atoms with Gasteiger partial charge in [0.2, 0.25) is 17.7 Å². The van der Waals surface area contributed by atoms with Gasteiger partial charge in [0, 0.05) is 35.4 Å². The van der Waals surface area contributed by atoms with Crippen LogP contribution in [0.1, 0.15) is 38.4 Å². The van der Waals surface area contributed by atoms with Crippen LogP contribution in [0.3, 0.4) is 0 Å². The Morgan fingerprint density at radius 1 is 1.00 bits per heavy atom. The first-order chi connectivity index (χ1) is 18.1. The third kappa shape index (κ3) is 7.19. The van der Waals surface area contributed by atoms with Crippen LogP contribution in [0.5, 0.6) is 0 Å². The maximum absolute atomic E-state index is 13.1. The number of hydrogen-bond donors (Lipinski definition) is 7. The maximum Gasteiger partial charge on any atom is 0.326 e. The Labute approximate surface area is 220 Å². The van der Waals surface area contributed by atoms with Crippen LogP contribution < -0.4 is 21.7 Å². The zero-order chi connectivity index (χ0) is 27.8. The van der Waals surface area contributed by atoms with Crippen LogP contribution in [0.2, 0.25) is 0 Å². The molecule has 0 spiro atoms. The molecule has 8 N–H and O–H groups in total. The van der Waals surface area contributed by atoms with Gasteiger partial charge in [0.1, 0.15) is 18.1 Å². The zero-order valence-corrected chi connectivity index (χ0v) is 21.7. The summed E-state index contributed by atoms with van der Waals surface area (Å²) in [7, 11) is 0. The number of rotatable bonds is 13. The smallest absolute Gasteiger partial charge is 0.326 e. The van der Waals surface area contributed by atoms with Gasteiger partial charge in [-0.2, -0.15) is 0 Å². The van der Waals surface area contributed by atoms with Gasteiger partial charge in [0.05, 0.1) is 12.4 Å². The molecule has 38 heavy (non-hydrogen) atoms. The number of nitrogens with two attached hydrogens (primary N) is 1. The molecule has 0 aliphatic rings. The number of carboxylic acid groups (broad SMARTS) is 1. The monoisotopic (exact) mass is 525 g/mol. The van der Waals surface area contributed by atoms with E-state index in [-0.39, 0.29) is 18.8 Å². The van der Waals surface area contributed by atoms with Crippen molar-refractivity contribution in [1.29, 1.82) is 0 Å². The Balaban J connectivity index is 1.61. The van der Waals surface area contributed by atoms with Gasteiger partial charge in [0.15, 0.2) is 0 Å². The lowest BCUT2D eigenvalue weighted by molar-refractivity contribution is -0.142. The van der Waals surface area contributed by atoms with Crippen molar-refractivity contribution < 1.29 is 24.3 Å². The molecule has 204 valence electrons. The van der Waals surface area contributed by atoms with Gasteiger partial charge in [-0.15, -0.1) is 0 Å². The van der Waals surface area contributed by atoms with Gasteiger partial charge < -0.3 is 36.8 Å². The Bertz CT molecular complexity index is 1260. The van der Waals surface area contributed by atoms with Crippen LogP contribution in [0.4, 0.5) is 0 Å². The van der Waals surface area contributed by atoms with Crippen LogP contribution in [0, 0.1) is 5.92 Å². The lowest BCUT2D eigenvalue weighted by Crippen LogP contribution is -2.58. The predicted molar refractivity (Wildman–Crippen MR) is 141 cm³/mol. The van der Waals surface area contributed by atoms with E-state index in [0.29, 0.717) is 12.1 Å². The number of fused-ring (bicyclic) bond motifs is 1. The van der Waals surface area contributed by atoms with Crippen molar-refractivity contribution in [2.45, 2.75) is 64.2 Å². The number of amides is 3. The first kappa shape index (κ1) is 28.4. The molecule has 2 heterocycles. The normalized spacial score (nSPS) is 15.2. The molecular formula is C26H35N7O5. The summed E-state index contributed by atoms with van der Waals surface area (Å²) in [6.07, 6.45) is 5.55. The second-order valence-corrected chi connectivity index (χ2v) is 9.45. The summed E-state index contributed by atoms with van der Waals surface area (Å²) in [6, 6.07) is 3.60. The van der Waals surface area contributed by atoms with E-state index < -0.39 is 47.9 Å². The standard InChI is InChI=1S/C26H35N7O5/c1-4-14(2)22(33-24(35)19(27)9-16-11-29-20-8-6-5-7-18(16)20)25(36)31-15(3)23(34)32-21(26(37)38)10-17-12-28-13-30-17/h5-8,11-15,19,21-22,29H,4,9-10,27H2,1-3H3,(H,28,30)(H,31,36)(H,32,34)(H,33,35)(H,37,38). The summed E-state index contributed by atoms with van der Waals surface area (Å²) < 4.78 is 0. The molecule has 3 rings (SSSR count). The van der Waals surface area contributed by atoms with Gasteiger partial charge in [-0.3, -0.25) is 14.4 Å². The number of carbonyl (C=O) groups is 4. The minimum absolute atomic E-state index is 0.00160. The van der Waals surface area contributed by atoms with Crippen molar-refractivity contribution >= 4 is 34.6 Å². The van der Waals surface area contributed by atoms with Crippen LogP contribution in [0.15, 0.2) is 43.0 Å². The van der Waals surface area contributed by atoms with Crippen molar-refractivity contribution in [2.75, 3.05) is 0 Å². The molecule has 0 aliphatic carbocycles. The lowest BCUT2D eigenvalue weighted by atomic mass is 9.97. The fourth-order valence-corrected chi connectivity index (χ4v) is 4.07. The number of aromatic nitrogens is 3. The number of carbonyl (C=O) groups excluding carboxylic acids is 3. The van der Waals surface area contributed by atoms with E-state index in [9.17, 15) is 24.3 Å². The molecule has 0 saturated heterocycles. The number of imidazole rings is 1. The molecule has 0 aliphatic heterocycles. The summed E-state index contributed by atoms with van der Waals surface area (Å²) in [6.45, 7) is 5.14. The van der Waals surface area contributed by atoms with Gasteiger partial charge >= 0.3 is 5.97 Å². The molecular weight excluding hydrogens is 490 g/mol. The topological polar surface area (TPSA) is 195 Å². The van der Waals surface area contributed by atoms with E-state index in [0.717, 1.165) is 16.5 Å². The summed E-state index contributed by atoms with van der Waals surface area (Å²) in [5.74, 6) is -3.19. The Kier molecular flexibility index (Phi) is 9.61. The van der Waals surface area contributed by atoms with Crippen LogP contribution in [-0.4, -0.2) is 67.9 Å². The Morgan fingerprint density at radius 2 is 1.74 bits per heavy atom. The Hall–Kier alpha value is -4.19. The molecule has 12 nitrogen and oxygen atoms in total. The minimum Gasteiger partial charge on any atom is -0.480 e. The number of hydrogen-bond acceptors (Lipinski definition) is 6.